The lowest BCUT2D eigenvalue weighted by Gasteiger charge is -2.28. The molecule has 0 atom stereocenters. The Labute approximate surface area is 163 Å². The number of halogens is 1. The fourth-order valence-corrected chi connectivity index (χ4v) is 5.66. The summed E-state index contributed by atoms with van der Waals surface area (Å²) in [6, 6.07) is 8.12. The Kier molecular flexibility index (Phi) is 4.54. The van der Waals surface area contributed by atoms with E-state index in [9.17, 15) is 8.42 Å². The third-order valence-corrected chi connectivity index (χ3v) is 7.58. The van der Waals surface area contributed by atoms with Gasteiger partial charge in [-0.1, -0.05) is 29.5 Å². The minimum Gasteiger partial charge on any atom is -0.213 e. The van der Waals surface area contributed by atoms with Crippen LogP contribution in [0.2, 0.25) is 0 Å². The number of aromatic nitrogens is 4. The SMILES string of the molecule is CS(=O)(=O)N1CCC(c2nnc3sc(-c4ccccc4I)nn23)CC1. The van der Waals surface area contributed by atoms with Gasteiger partial charge in [-0.15, -0.1) is 10.2 Å². The zero-order chi connectivity index (χ0) is 17.6. The van der Waals surface area contributed by atoms with Gasteiger partial charge < -0.3 is 0 Å². The summed E-state index contributed by atoms with van der Waals surface area (Å²) >= 11 is 3.83. The van der Waals surface area contributed by atoms with Gasteiger partial charge in [0.25, 0.3) is 0 Å². The van der Waals surface area contributed by atoms with Crippen molar-refractivity contribution in [3.8, 4) is 10.6 Å². The fraction of sp³-hybridized carbons (Fsp3) is 0.400. The zero-order valence-electron chi connectivity index (χ0n) is 13.5. The molecule has 1 aromatic carbocycles. The summed E-state index contributed by atoms with van der Waals surface area (Å²) in [5, 5.41) is 14.2. The molecule has 0 bridgehead atoms. The van der Waals surface area contributed by atoms with Crippen LogP contribution in [-0.2, 0) is 10.0 Å². The molecule has 1 fully saturated rings. The highest BCUT2D eigenvalue weighted by Gasteiger charge is 2.29. The maximum Gasteiger partial charge on any atom is 0.234 e. The van der Waals surface area contributed by atoms with Gasteiger partial charge in [0.05, 0.1) is 6.26 Å². The number of hydrogen-bond donors (Lipinski definition) is 0. The van der Waals surface area contributed by atoms with Crippen molar-refractivity contribution < 1.29 is 8.42 Å². The molecule has 4 rings (SSSR count). The number of fused-ring (bicyclic) bond motifs is 1. The van der Waals surface area contributed by atoms with Gasteiger partial charge in [0.2, 0.25) is 15.0 Å². The summed E-state index contributed by atoms with van der Waals surface area (Å²) in [5.74, 6) is 1.01. The summed E-state index contributed by atoms with van der Waals surface area (Å²) in [6.07, 6.45) is 2.74. The van der Waals surface area contributed by atoms with Crippen LogP contribution in [0.15, 0.2) is 24.3 Å². The molecule has 3 heterocycles. The Morgan fingerprint density at radius 3 is 2.60 bits per heavy atom. The highest BCUT2D eigenvalue weighted by Crippen LogP contribution is 2.32. The summed E-state index contributed by atoms with van der Waals surface area (Å²) in [5.41, 5.74) is 1.09. The first-order valence-electron chi connectivity index (χ1n) is 7.85. The second kappa shape index (κ2) is 6.56. The minimum atomic E-state index is -3.12. The highest BCUT2D eigenvalue weighted by atomic mass is 127. The van der Waals surface area contributed by atoms with E-state index in [1.165, 1.54) is 21.9 Å². The van der Waals surface area contributed by atoms with E-state index in [-0.39, 0.29) is 5.92 Å². The Balaban J connectivity index is 1.63. The van der Waals surface area contributed by atoms with Gasteiger partial charge in [0.1, 0.15) is 5.01 Å². The highest BCUT2D eigenvalue weighted by molar-refractivity contribution is 14.1. The van der Waals surface area contributed by atoms with Crippen LogP contribution in [0.5, 0.6) is 0 Å². The van der Waals surface area contributed by atoms with Crippen LogP contribution >= 0.6 is 33.9 Å². The number of hydrogen-bond acceptors (Lipinski definition) is 6. The Hall–Kier alpha value is -1.11. The molecule has 1 aliphatic heterocycles. The van der Waals surface area contributed by atoms with Crippen molar-refractivity contribution in [1.82, 2.24) is 24.1 Å². The van der Waals surface area contributed by atoms with Gasteiger partial charge in [0.15, 0.2) is 5.82 Å². The largest absolute Gasteiger partial charge is 0.234 e. The van der Waals surface area contributed by atoms with Crippen molar-refractivity contribution in [1.29, 1.82) is 0 Å². The van der Waals surface area contributed by atoms with Crippen molar-refractivity contribution in [2.75, 3.05) is 19.3 Å². The second-order valence-electron chi connectivity index (χ2n) is 6.08. The van der Waals surface area contributed by atoms with Gasteiger partial charge in [-0.2, -0.15) is 9.61 Å². The van der Waals surface area contributed by atoms with Gasteiger partial charge in [0, 0.05) is 28.1 Å². The first kappa shape index (κ1) is 17.3. The summed E-state index contributed by atoms with van der Waals surface area (Å²) in [7, 11) is -3.12. The lowest BCUT2D eigenvalue weighted by molar-refractivity contribution is 0.313. The van der Waals surface area contributed by atoms with Crippen LogP contribution in [0, 0.1) is 3.57 Å². The van der Waals surface area contributed by atoms with E-state index in [1.807, 2.05) is 16.6 Å². The molecule has 7 nitrogen and oxygen atoms in total. The Morgan fingerprint density at radius 1 is 1.20 bits per heavy atom. The molecule has 25 heavy (non-hydrogen) atoms. The van der Waals surface area contributed by atoms with Gasteiger partial charge in [-0.25, -0.2) is 12.7 Å². The van der Waals surface area contributed by atoms with Crippen LogP contribution in [0.4, 0.5) is 0 Å². The van der Waals surface area contributed by atoms with E-state index in [0.29, 0.717) is 13.1 Å². The molecule has 0 unspecified atom stereocenters. The van der Waals surface area contributed by atoms with Gasteiger partial charge in [-0.3, -0.25) is 0 Å². The zero-order valence-corrected chi connectivity index (χ0v) is 17.3. The first-order chi connectivity index (χ1) is 11.9. The molecule has 0 N–H and O–H groups in total. The van der Waals surface area contributed by atoms with Crippen molar-refractivity contribution in [3.63, 3.8) is 0 Å². The van der Waals surface area contributed by atoms with Gasteiger partial charge in [-0.05, 0) is 41.5 Å². The van der Waals surface area contributed by atoms with Crippen LogP contribution in [0.1, 0.15) is 24.6 Å². The van der Waals surface area contributed by atoms with E-state index < -0.39 is 10.0 Å². The number of sulfonamides is 1. The third kappa shape index (κ3) is 3.32. The van der Waals surface area contributed by atoms with Crippen LogP contribution in [-0.4, -0.2) is 51.9 Å². The van der Waals surface area contributed by atoms with Crippen LogP contribution in [0.25, 0.3) is 15.5 Å². The molecular weight excluding hydrogens is 473 g/mol. The molecule has 3 aromatic rings. The average molecular weight is 489 g/mol. The summed E-state index contributed by atoms with van der Waals surface area (Å²) in [4.78, 5) is 0.773. The quantitative estimate of drug-likeness (QED) is 0.529. The van der Waals surface area contributed by atoms with E-state index in [2.05, 4.69) is 44.9 Å². The molecule has 0 amide bonds. The first-order valence-corrected chi connectivity index (χ1v) is 11.6. The normalized spacial score (nSPS) is 17.4. The summed E-state index contributed by atoms with van der Waals surface area (Å²) < 4.78 is 27.8. The molecule has 10 heteroatoms. The van der Waals surface area contributed by atoms with Crippen molar-refractivity contribution in [3.05, 3.63) is 33.7 Å². The molecule has 0 radical (unpaired) electrons. The number of piperidine rings is 1. The molecule has 2 aromatic heterocycles. The Morgan fingerprint density at radius 2 is 1.92 bits per heavy atom. The smallest absolute Gasteiger partial charge is 0.213 e. The molecule has 0 saturated carbocycles. The molecule has 0 aliphatic carbocycles. The molecule has 1 aliphatic rings. The van der Waals surface area contributed by atoms with E-state index in [0.717, 1.165) is 37.8 Å². The predicted molar refractivity (Wildman–Crippen MR) is 105 cm³/mol. The third-order valence-electron chi connectivity index (χ3n) is 4.41. The number of rotatable bonds is 3. The molecule has 132 valence electrons. The van der Waals surface area contributed by atoms with E-state index >= 15 is 0 Å². The van der Waals surface area contributed by atoms with Crippen molar-refractivity contribution >= 4 is 48.9 Å². The average Bonchev–Trinajstić information content (AvgIpc) is 3.15. The standard InChI is InChI=1S/C15H16IN5O2S2/c1-25(22,23)20-8-6-10(7-9-20)13-17-18-15-21(13)19-14(24-15)11-4-2-3-5-12(11)16/h2-5,10H,6-9H2,1H3. The summed E-state index contributed by atoms with van der Waals surface area (Å²) in [6.45, 7) is 1.04. The monoisotopic (exact) mass is 489 g/mol. The van der Waals surface area contributed by atoms with Crippen molar-refractivity contribution in [2.45, 2.75) is 18.8 Å². The second-order valence-corrected chi connectivity index (χ2v) is 10.2. The number of nitrogens with zero attached hydrogens (tertiary/aromatic N) is 5. The lowest BCUT2D eigenvalue weighted by atomic mass is 9.97. The molecular formula is C15H16IN5O2S2. The minimum absolute atomic E-state index is 0.179. The van der Waals surface area contributed by atoms with E-state index in [4.69, 9.17) is 5.10 Å². The van der Waals surface area contributed by atoms with E-state index in [1.54, 1.807) is 0 Å². The lowest BCUT2D eigenvalue weighted by Crippen LogP contribution is -2.37. The predicted octanol–water partition coefficient (Wildman–Crippen LogP) is 2.60. The topological polar surface area (TPSA) is 80.5 Å². The van der Waals surface area contributed by atoms with Gasteiger partial charge >= 0.3 is 0 Å². The molecule has 1 saturated heterocycles. The van der Waals surface area contributed by atoms with Crippen LogP contribution < -0.4 is 0 Å². The maximum absolute atomic E-state index is 11.7. The fourth-order valence-electron chi connectivity index (χ4n) is 3.08. The van der Waals surface area contributed by atoms with Crippen molar-refractivity contribution in [2.24, 2.45) is 0 Å². The Bertz CT molecular complexity index is 1020. The number of benzene rings is 1. The molecule has 0 spiro atoms. The maximum atomic E-state index is 11.7. The van der Waals surface area contributed by atoms with Crippen LogP contribution in [0.3, 0.4) is 0 Å².